The zero-order valence-electron chi connectivity index (χ0n) is 19.0. The molecule has 1 saturated heterocycles. The summed E-state index contributed by atoms with van der Waals surface area (Å²) in [6, 6.07) is 4.21. The van der Waals surface area contributed by atoms with Crippen molar-refractivity contribution >= 4 is 28.6 Å². The van der Waals surface area contributed by atoms with E-state index in [1.165, 1.54) is 11.1 Å². The molecule has 33 heavy (non-hydrogen) atoms. The Morgan fingerprint density at radius 1 is 1.27 bits per heavy atom. The van der Waals surface area contributed by atoms with Crippen molar-refractivity contribution < 1.29 is 14.6 Å². The number of aliphatic hydroxyl groups is 1. The van der Waals surface area contributed by atoms with Crippen LogP contribution in [-0.2, 0) is 24.3 Å². The summed E-state index contributed by atoms with van der Waals surface area (Å²) in [5.41, 5.74) is 4.11. The van der Waals surface area contributed by atoms with E-state index >= 15 is 0 Å². The van der Waals surface area contributed by atoms with Gasteiger partial charge < -0.3 is 25.0 Å². The molecule has 174 valence electrons. The van der Waals surface area contributed by atoms with Crippen LogP contribution in [0.1, 0.15) is 24.0 Å². The highest BCUT2D eigenvalue weighted by Gasteiger charge is 2.29. The van der Waals surface area contributed by atoms with E-state index in [0.29, 0.717) is 24.7 Å². The molecule has 0 spiro atoms. The van der Waals surface area contributed by atoms with Gasteiger partial charge in [-0.2, -0.15) is 10.1 Å². The molecule has 1 atom stereocenters. The molecular weight excluding hydrogens is 422 g/mol. The van der Waals surface area contributed by atoms with E-state index in [2.05, 4.69) is 39.5 Å². The van der Waals surface area contributed by atoms with Crippen LogP contribution in [0.3, 0.4) is 0 Å². The standard InChI is InChI=1S/C23H29N7O3/c1-28-7-5-15-9-20(33-2)19(8-16(15)12-28)26-23-24-10-17-11-25-30(22(17)27-23)13-18-4-3-6-29(18)21(32)14-31/h8-11,18,31H,3-7,12-14H2,1-2H3,(H,24,26,27)/t18-/m1/s1. The summed E-state index contributed by atoms with van der Waals surface area (Å²) in [5.74, 6) is 0.983. The van der Waals surface area contributed by atoms with Crippen LogP contribution in [0.5, 0.6) is 5.75 Å². The summed E-state index contributed by atoms with van der Waals surface area (Å²) < 4.78 is 7.45. The average Bonchev–Trinajstić information content (AvgIpc) is 3.45. The molecule has 3 aromatic rings. The van der Waals surface area contributed by atoms with Gasteiger partial charge in [0.1, 0.15) is 12.4 Å². The van der Waals surface area contributed by atoms with Gasteiger partial charge in [0.25, 0.3) is 0 Å². The summed E-state index contributed by atoms with van der Waals surface area (Å²) in [6.45, 7) is 2.66. The third-order valence-corrected chi connectivity index (χ3v) is 6.56. The topological polar surface area (TPSA) is 109 Å². The van der Waals surface area contributed by atoms with Gasteiger partial charge in [0.15, 0.2) is 5.65 Å². The van der Waals surface area contributed by atoms with Crippen molar-refractivity contribution in [3.05, 3.63) is 35.7 Å². The van der Waals surface area contributed by atoms with Crippen LogP contribution in [0.25, 0.3) is 11.0 Å². The second-order valence-corrected chi connectivity index (χ2v) is 8.77. The molecule has 2 N–H and O–H groups in total. The first-order valence-corrected chi connectivity index (χ1v) is 11.3. The van der Waals surface area contributed by atoms with E-state index in [1.54, 1.807) is 24.4 Å². The number of hydrogen-bond donors (Lipinski definition) is 2. The lowest BCUT2D eigenvalue weighted by Crippen LogP contribution is -2.39. The summed E-state index contributed by atoms with van der Waals surface area (Å²) in [6.07, 6.45) is 6.29. The predicted octanol–water partition coefficient (Wildman–Crippen LogP) is 1.55. The smallest absolute Gasteiger partial charge is 0.248 e. The van der Waals surface area contributed by atoms with E-state index in [0.717, 1.165) is 49.2 Å². The van der Waals surface area contributed by atoms with Crippen LogP contribution in [-0.4, -0.2) is 80.5 Å². The Bertz CT molecular complexity index is 1180. The molecule has 0 saturated carbocycles. The highest BCUT2D eigenvalue weighted by Crippen LogP contribution is 2.33. The molecule has 1 aromatic carbocycles. The number of likely N-dealkylation sites (tertiary alicyclic amines) is 1. The number of aromatic nitrogens is 4. The minimum atomic E-state index is -0.467. The number of methoxy groups -OCH3 is 1. The van der Waals surface area contributed by atoms with Crippen molar-refractivity contribution in [3.63, 3.8) is 0 Å². The molecule has 10 nitrogen and oxygen atoms in total. The molecular formula is C23H29N7O3. The van der Waals surface area contributed by atoms with Crippen molar-refractivity contribution in [2.75, 3.05) is 39.2 Å². The monoisotopic (exact) mass is 451 g/mol. The van der Waals surface area contributed by atoms with Crippen molar-refractivity contribution in [2.45, 2.75) is 38.4 Å². The average molecular weight is 452 g/mol. The van der Waals surface area contributed by atoms with Gasteiger partial charge in [0.2, 0.25) is 11.9 Å². The summed E-state index contributed by atoms with van der Waals surface area (Å²) in [7, 11) is 3.79. The highest BCUT2D eigenvalue weighted by molar-refractivity contribution is 5.78. The molecule has 0 aliphatic carbocycles. The fraction of sp³-hybridized carbons (Fsp3) is 0.478. The number of rotatable bonds is 6. The van der Waals surface area contributed by atoms with Crippen LogP contribution in [0.4, 0.5) is 11.6 Å². The van der Waals surface area contributed by atoms with Crippen molar-refractivity contribution in [1.82, 2.24) is 29.5 Å². The molecule has 1 fully saturated rings. The predicted molar refractivity (Wildman–Crippen MR) is 123 cm³/mol. The molecule has 10 heteroatoms. The van der Waals surface area contributed by atoms with Crippen molar-refractivity contribution in [2.24, 2.45) is 0 Å². The van der Waals surface area contributed by atoms with Crippen LogP contribution in [0.15, 0.2) is 24.5 Å². The first kappa shape index (κ1) is 21.6. The van der Waals surface area contributed by atoms with Gasteiger partial charge in [-0.25, -0.2) is 9.67 Å². The maximum absolute atomic E-state index is 12.1. The molecule has 0 unspecified atom stereocenters. The molecule has 2 aliphatic heterocycles. The van der Waals surface area contributed by atoms with E-state index < -0.39 is 6.61 Å². The van der Waals surface area contributed by atoms with E-state index in [1.807, 2.05) is 4.68 Å². The Kier molecular flexibility index (Phi) is 5.86. The van der Waals surface area contributed by atoms with Crippen molar-refractivity contribution in [1.29, 1.82) is 0 Å². The molecule has 2 aromatic heterocycles. The zero-order chi connectivity index (χ0) is 22.9. The lowest BCUT2D eigenvalue weighted by atomic mass is 9.99. The van der Waals surface area contributed by atoms with Gasteiger partial charge in [-0.05, 0) is 49.6 Å². The summed E-state index contributed by atoms with van der Waals surface area (Å²) in [5, 5.41) is 17.9. The number of anilines is 2. The first-order chi connectivity index (χ1) is 16.1. The molecule has 0 radical (unpaired) electrons. The van der Waals surface area contributed by atoms with Gasteiger partial charge >= 0.3 is 0 Å². The van der Waals surface area contributed by atoms with Crippen LogP contribution in [0.2, 0.25) is 0 Å². The zero-order valence-corrected chi connectivity index (χ0v) is 19.0. The number of aliphatic hydroxyl groups excluding tert-OH is 1. The highest BCUT2D eigenvalue weighted by atomic mass is 16.5. The molecule has 0 bridgehead atoms. The van der Waals surface area contributed by atoms with Crippen molar-refractivity contribution in [3.8, 4) is 5.75 Å². The maximum Gasteiger partial charge on any atom is 0.248 e. The molecule has 4 heterocycles. The first-order valence-electron chi connectivity index (χ1n) is 11.3. The number of carbonyl (C=O) groups excluding carboxylic acids is 1. The number of amides is 1. The molecule has 2 aliphatic rings. The van der Waals surface area contributed by atoms with E-state index in [9.17, 15) is 9.90 Å². The Morgan fingerprint density at radius 2 is 2.15 bits per heavy atom. The number of carbonyl (C=O) groups is 1. The Labute approximate surface area is 192 Å². The van der Waals surface area contributed by atoms with Crippen LogP contribution >= 0.6 is 0 Å². The number of benzene rings is 1. The largest absolute Gasteiger partial charge is 0.495 e. The van der Waals surface area contributed by atoms with E-state index in [-0.39, 0.29) is 11.9 Å². The summed E-state index contributed by atoms with van der Waals surface area (Å²) in [4.78, 5) is 25.3. The Balaban J connectivity index is 1.41. The fourth-order valence-electron chi connectivity index (χ4n) is 4.82. The SMILES string of the molecule is COc1cc2c(cc1Nc1ncc3cnn(C[C@H]4CCCN4C(=O)CO)c3n1)CN(C)CC2. The van der Waals surface area contributed by atoms with Gasteiger partial charge in [0.05, 0.1) is 37.0 Å². The lowest BCUT2D eigenvalue weighted by Gasteiger charge is -2.26. The van der Waals surface area contributed by atoms with Gasteiger partial charge in [0, 0.05) is 25.8 Å². The number of likely N-dealkylation sites (N-methyl/N-ethyl adjacent to an activating group) is 1. The Hall–Kier alpha value is -3.24. The lowest BCUT2D eigenvalue weighted by molar-refractivity contribution is -0.135. The normalized spacial score (nSPS) is 18.5. The fourth-order valence-corrected chi connectivity index (χ4v) is 4.82. The second kappa shape index (κ2) is 8.95. The third-order valence-electron chi connectivity index (χ3n) is 6.56. The maximum atomic E-state index is 12.1. The number of ether oxygens (including phenoxy) is 1. The number of hydrogen-bond acceptors (Lipinski definition) is 8. The van der Waals surface area contributed by atoms with E-state index in [4.69, 9.17) is 9.72 Å². The van der Waals surface area contributed by atoms with Gasteiger partial charge in [-0.1, -0.05) is 0 Å². The minimum absolute atomic E-state index is 0.00291. The van der Waals surface area contributed by atoms with Gasteiger partial charge in [-0.3, -0.25) is 4.79 Å². The number of nitrogens with one attached hydrogen (secondary N) is 1. The minimum Gasteiger partial charge on any atom is -0.495 e. The molecule has 5 rings (SSSR count). The van der Waals surface area contributed by atoms with Gasteiger partial charge in [-0.15, -0.1) is 0 Å². The van der Waals surface area contributed by atoms with Crippen LogP contribution in [0, 0.1) is 0 Å². The summed E-state index contributed by atoms with van der Waals surface area (Å²) >= 11 is 0. The quantitative estimate of drug-likeness (QED) is 0.581. The number of fused-ring (bicyclic) bond motifs is 2. The number of nitrogens with zero attached hydrogens (tertiary/aromatic N) is 6. The third kappa shape index (κ3) is 4.23. The molecule has 1 amide bonds. The Morgan fingerprint density at radius 3 is 2.97 bits per heavy atom. The van der Waals surface area contributed by atoms with Crippen LogP contribution < -0.4 is 10.1 Å². The second-order valence-electron chi connectivity index (χ2n) is 8.77.